The highest BCUT2D eigenvalue weighted by molar-refractivity contribution is 5.99. The number of carboxylic acids is 1. The smallest absolute Gasteiger partial charge is 0.310 e. The van der Waals surface area contributed by atoms with Crippen LogP contribution in [0, 0.1) is 12.3 Å². The van der Waals surface area contributed by atoms with Gasteiger partial charge in [0.15, 0.2) is 17.3 Å². The van der Waals surface area contributed by atoms with Crippen LogP contribution in [0.4, 0.5) is 0 Å². The first-order chi connectivity index (χ1) is 18.9. The number of aliphatic carboxylic acids is 1. The topological polar surface area (TPSA) is 72.8 Å². The average molecular weight is 521 g/mol. The van der Waals surface area contributed by atoms with Crippen molar-refractivity contribution < 1.29 is 24.2 Å². The number of fused-ring (bicyclic) bond motifs is 1. The molecule has 0 aliphatic heterocycles. The Bertz CT molecular complexity index is 1450. The summed E-state index contributed by atoms with van der Waals surface area (Å²) in [4.78, 5) is 25.9. The van der Waals surface area contributed by atoms with Crippen molar-refractivity contribution in [2.45, 2.75) is 39.2 Å². The molecular formula is C34H32O5. The lowest BCUT2D eigenvalue weighted by Gasteiger charge is -2.23. The number of carboxylic acid groups (broad SMARTS) is 1. The Morgan fingerprint density at radius 3 is 2.15 bits per heavy atom. The van der Waals surface area contributed by atoms with Gasteiger partial charge in [0, 0.05) is 18.4 Å². The molecule has 5 rings (SSSR count). The molecule has 198 valence electrons. The minimum absolute atomic E-state index is 0.0794. The molecule has 1 aliphatic carbocycles. The van der Waals surface area contributed by atoms with E-state index in [1.165, 1.54) is 5.56 Å². The number of ketones is 1. The van der Waals surface area contributed by atoms with Crippen molar-refractivity contribution in [1.29, 1.82) is 0 Å². The van der Waals surface area contributed by atoms with E-state index in [1.807, 2.05) is 60.7 Å². The van der Waals surface area contributed by atoms with Crippen LogP contribution in [-0.2, 0) is 30.7 Å². The number of hydrogen-bond donors (Lipinski definition) is 1. The van der Waals surface area contributed by atoms with Gasteiger partial charge in [0.2, 0.25) is 0 Å². The lowest BCUT2D eigenvalue weighted by Crippen LogP contribution is -2.34. The van der Waals surface area contributed by atoms with Gasteiger partial charge in [0.05, 0.1) is 12.0 Å². The molecule has 0 heterocycles. The Morgan fingerprint density at radius 1 is 0.769 bits per heavy atom. The van der Waals surface area contributed by atoms with Crippen LogP contribution in [0.5, 0.6) is 11.5 Å². The van der Waals surface area contributed by atoms with Crippen LogP contribution in [0.1, 0.15) is 44.6 Å². The van der Waals surface area contributed by atoms with Crippen molar-refractivity contribution >= 4 is 11.8 Å². The van der Waals surface area contributed by atoms with Crippen LogP contribution in [-0.4, -0.2) is 23.5 Å². The van der Waals surface area contributed by atoms with Crippen molar-refractivity contribution in [2.24, 2.45) is 5.41 Å². The average Bonchev–Trinajstić information content (AvgIpc) is 3.32. The molecule has 0 bridgehead atoms. The van der Waals surface area contributed by atoms with Crippen LogP contribution >= 0.6 is 0 Å². The highest BCUT2D eigenvalue weighted by atomic mass is 16.5. The molecule has 5 nitrogen and oxygen atoms in total. The summed E-state index contributed by atoms with van der Waals surface area (Å²) in [6.07, 6.45) is 1.33. The van der Waals surface area contributed by atoms with Crippen molar-refractivity contribution in [3.63, 3.8) is 0 Å². The minimum atomic E-state index is -1.14. The van der Waals surface area contributed by atoms with Gasteiger partial charge < -0.3 is 14.6 Å². The third-order valence-electron chi connectivity index (χ3n) is 7.36. The first-order valence-electron chi connectivity index (χ1n) is 13.2. The molecule has 1 N–H and O–H groups in total. The number of carbonyl (C=O) groups excluding carboxylic acids is 1. The van der Waals surface area contributed by atoms with Gasteiger partial charge in [-0.25, -0.2) is 0 Å². The molecule has 39 heavy (non-hydrogen) atoms. The molecule has 0 spiro atoms. The maximum Gasteiger partial charge on any atom is 0.310 e. The van der Waals surface area contributed by atoms with E-state index in [0.29, 0.717) is 49.5 Å². The maximum absolute atomic E-state index is 13.5. The van der Waals surface area contributed by atoms with E-state index < -0.39 is 11.4 Å². The zero-order valence-electron chi connectivity index (χ0n) is 22.1. The quantitative estimate of drug-likeness (QED) is 0.225. The fraction of sp³-hybridized carbons (Fsp3) is 0.235. The Hall–Kier alpha value is -4.38. The predicted molar refractivity (Wildman–Crippen MR) is 150 cm³/mol. The van der Waals surface area contributed by atoms with Crippen LogP contribution in [0.15, 0.2) is 97.1 Å². The number of hydrogen-bond acceptors (Lipinski definition) is 4. The van der Waals surface area contributed by atoms with Crippen LogP contribution in [0.25, 0.3) is 0 Å². The normalized spacial score (nSPS) is 13.5. The summed E-state index contributed by atoms with van der Waals surface area (Å²) in [5.41, 5.74) is 4.65. The Balaban J connectivity index is 1.35. The highest BCUT2D eigenvalue weighted by Crippen LogP contribution is 2.41. The van der Waals surface area contributed by atoms with Crippen molar-refractivity contribution in [3.05, 3.63) is 130 Å². The summed E-state index contributed by atoms with van der Waals surface area (Å²) >= 11 is 0. The Morgan fingerprint density at radius 2 is 1.46 bits per heavy atom. The van der Waals surface area contributed by atoms with Crippen LogP contribution in [0.2, 0.25) is 0 Å². The van der Waals surface area contributed by atoms with E-state index in [-0.39, 0.29) is 12.2 Å². The SMILES string of the molecule is Cc1cccc(CCOc2cc(C(=O)CC3(C(=O)O)Cc4ccccc4C3)ccc2OCc2ccccc2)c1. The summed E-state index contributed by atoms with van der Waals surface area (Å²) in [6, 6.07) is 31.0. The zero-order chi connectivity index (χ0) is 27.2. The second kappa shape index (κ2) is 11.6. The molecule has 4 aromatic rings. The molecule has 0 saturated carbocycles. The second-order valence-corrected chi connectivity index (χ2v) is 10.3. The number of aryl methyl sites for hydroxylation is 1. The van der Waals surface area contributed by atoms with Crippen LogP contribution < -0.4 is 9.47 Å². The molecule has 0 radical (unpaired) electrons. The van der Waals surface area contributed by atoms with E-state index in [0.717, 1.165) is 22.3 Å². The van der Waals surface area contributed by atoms with Gasteiger partial charge in [-0.2, -0.15) is 0 Å². The number of rotatable bonds is 11. The van der Waals surface area contributed by atoms with E-state index in [9.17, 15) is 14.7 Å². The van der Waals surface area contributed by atoms with Gasteiger partial charge in [0.1, 0.15) is 6.61 Å². The third kappa shape index (κ3) is 6.20. The fourth-order valence-corrected chi connectivity index (χ4v) is 5.25. The number of ether oxygens (including phenoxy) is 2. The highest BCUT2D eigenvalue weighted by Gasteiger charge is 2.45. The lowest BCUT2D eigenvalue weighted by atomic mass is 9.79. The molecule has 1 aliphatic rings. The molecule has 5 heteroatoms. The zero-order valence-corrected chi connectivity index (χ0v) is 22.1. The molecule has 0 amide bonds. The molecule has 4 aromatic carbocycles. The van der Waals surface area contributed by atoms with E-state index in [1.54, 1.807) is 18.2 Å². The molecule has 0 atom stereocenters. The maximum atomic E-state index is 13.5. The van der Waals surface area contributed by atoms with E-state index in [4.69, 9.17) is 9.47 Å². The summed E-state index contributed by atoms with van der Waals surface area (Å²) in [7, 11) is 0. The standard InChI is InChI=1S/C34H32O5/c1-24-8-7-11-25(18-24)16-17-38-32-19-27(14-15-31(32)39-23-26-9-3-2-4-10-26)30(35)22-34(33(36)37)20-28-12-5-6-13-29(28)21-34/h2-15,18-19H,16-17,20-23H2,1H3,(H,36,37). The van der Waals surface area contributed by atoms with Gasteiger partial charge in [-0.3, -0.25) is 9.59 Å². The van der Waals surface area contributed by atoms with E-state index in [2.05, 4.69) is 25.1 Å². The van der Waals surface area contributed by atoms with Crippen molar-refractivity contribution in [3.8, 4) is 11.5 Å². The molecule has 0 fully saturated rings. The molecule has 0 unspecified atom stereocenters. The Labute approximate surface area is 229 Å². The van der Waals surface area contributed by atoms with Gasteiger partial charge in [-0.05, 0) is 60.2 Å². The summed E-state index contributed by atoms with van der Waals surface area (Å²) < 4.78 is 12.2. The number of benzene rings is 4. The second-order valence-electron chi connectivity index (χ2n) is 10.3. The molecule has 0 saturated heterocycles. The Kier molecular flexibility index (Phi) is 7.78. The number of Topliss-reactive ketones (excluding diaryl/α,β-unsaturated/α-hetero) is 1. The number of carbonyl (C=O) groups is 2. The summed E-state index contributed by atoms with van der Waals surface area (Å²) in [5.74, 6) is -0.141. The van der Waals surface area contributed by atoms with Crippen LogP contribution in [0.3, 0.4) is 0 Å². The largest absolute Gasteiger partial charge is 0.489 e. The molecule has 0 aromatic heterocycles. The monoisotopic (exact) mass is 520 g/mol. The first kappa shape index (κ1) is 26.2. The van der Waals surface area contributed by atoms with Gasteiger partial charge in [-0.1, -0.05) is 84.4 Å². The first-order valence-corrected chi connectivity index (χ1v) is 13.2. The van der Waals surface area contributed by atoms with Crippen molar-refractivity contribution in [2.75, 3.05) is 6.61 Å². The van der Waals surface area contributed by atoms with Gasteiger partial charge in [-0.15, -0.1) is 0 Å². The fourth-order valence-electron chi connectivity index (χ4n) is 5.25. The van der Waals surface area contributed by atoms with Gasteiger partial charge in [0.25, 0.3) is 0 Å². The predicted octanol–water partition coefficient (Wildman–Crippen LogP) is 6.64. The third-order valence-corrected chi connectivity index (χ3v) is 7.36. The lowest BCUT2D eigenvalue weighted by molar-refractivity contribution is -0.148. The summed E-state index contributed by atoms with van der Waals surface area (Å²) in [6.45, 7) is 2.83. The van der Waals surface area contributed by atoms with E-state index >= 15 is 0 Å². The van der Waals surface area contributed by atoms with Crippen molar-refractivity contribution in [1.82, 2.24) is 0 Å². The molecular weight excluding hydrogens is 488 g/mol. The van der Waals surface area contributed by atoms with Gasteiger partial charge >= 0.3 is 5.97 Å². The minimum Gasteiger partial charge on any atom is -0.489 e. The summed E-state index contributed by atoms with van der Waals surface area (Å²) in [5, 5.41) is 10.2.